The van der Waals surface area contributed by atoms with Crippen molar-refractivity contribution in [1.82, 2.24) is 15.6 Å². The third-order valence-corrected chi connectivity index (χ3v) is 4.03. The second kappa shape index (κ2) is 8.76. The quantitative estimate of drug-likeness (QED) is 0.623. The van der Waals surface area contributed by atoms with Gasteiger partial charge in [-0.3, -0.25) is 4.99 Å². The lowest BCUT2D eigenvalue weighted by molar-refractivity contribution is 0.397. The highest BCUT2D eigenvalue weighted by Gasteiger charge is 2.11. The zero-order valence-corrected chi connectivity index (χ0v) is 15.3. The van der Waals surface area contributed by atoms with Crippen molar-refractivity contribution < 1.29 is 4.74 Å². The second-order valence-electron chi connectivity index (χ2n) is 5.17. The van der Waals surface area contributed by atoms with Crippen LogP contribution in [0, 0.1) is 0 Å². The van der Waals surface area contributed by atoms with Crippen molar-refractivity contribution in [3.8, 4) is 5.88 Å². The van der Waals surface area contributed by atoms with Crippen molar-refractivity contribution in [2.24, 2.45) is 4.99 Å². The fourth-order valence-electron chi connectivity index (χ4n) is 2.15. The number of hydrogen-bond donors (Lipinski definition) is 2. The molecule has 1 atom stereocenters. The molecule has 2 N–H and O–H groups in total. The Morgan fingerprint density at radius 1 is 1.29 bits per heavy atom. The molecule has 0 amide bonds. The molecule has 2 rings (SSSR count). The number of ether oxygens (including phenoxy) is 1. The molecule has 1 unspecified atom stereocenters. The third-order valence-electron chi connectivity index (χ3n) is 3.47. The molecule has 5 nitrogen and oxygen atoms in total. The summed E-state index contributed by atoms with van der Waals surface area (Å²) in [5, 5.41) is 7.78. The Balaban J connectivity index is 1.96. The van der Waals surface area contributed by atoms with Crippen LogP contribution in [0.25, 0.3) is 0 Å². The summed E-state index contributed by atoms with van der Waals surface area (Å²) in [6, 6.07) is 9.21. The van der Waals surface area contributed by atoms with Gasteiger partial charge in [-0.25, -0.2) is 4.98 Å². The summed E-state index contributed by atoms with van der Waals surface area (Å²) in [6.07, 6.45) is 1.76. The highest BCUT2D eigenvalue weighted by molar-refractivity contribution is 6.35. The Hall–Kier alpha value is -1.98. The maximum absolute atomic E-state index is 6.25. The largest absolute Gasteiger partial charge is 0.481 e. The van der Waals surface area contributed by atoms with Crippen LogP contribution in [0.5, 0.6) is 5.88 Å². The topological polar surface area (TPSA) is 58.5 Å². The van der Waals surface area contributed by atoms with Crippen LogP contribution in [0.15, 0.2) is 41.5 Å². The van der Waals surface area contributed by atoms with Crippen LogP contribution in [0.3, 0.4) is 0 Å². The van der Waals surface area contributed by atoms with Gasteiger partial charge in [0.2, 0.25) is 5.88 Å². The van der Waals surface area contributed by atoms with Crippen LogP contribution in [-0.2, 0) is 6.54 Å². The summed E-state index contributed by atoms with van der Waals surface area (Å²) in [7, 11) is 3.31. The predicted octanol–water partition coefficient (Wildman–Crippen LogP) is 3.82. The molecule has 24 heavy (non-hydrogen) atoms. The van der Waals surface area contributed by atoms with Gasteiger partial charge in [-0.15, -0.1) is 0 Å². The maximum Gasteiger partial charge on any atom is 0.212 e. The van der Waals surface area contributed by atoms with E-state index < -0.39 is 0 Å². The smallest absolute Gasteiger partial charge is 0.212 e. The van der Waals surface area contributed by atoms with Crippen molar-refractivity contribution in [2.45, 2.75) is 19.5 Å². The van der Waals surface area contributed by atoms with Gasteiger partial charge in [0, 0.05) is 35.9 Å². The highest BCUT2D eigenvalue weighted by atomic mass is 35.5. The third kappa shape index (κ3) is 5.01. The fraction of sp³-hybridized carbons (Fsp3) is 0.294. The van der Waals surface area contributed by atoms with Crippen LogP contribution in [-0.4, -0.2) is 25.1 Å². The Morgan fingerprint density at radius 3 is 2.67 bits per heavy atom. The molecule has 0 saturated heterocycles. The molecule has 0 radical (unpaired) electrons. The van der Waals surface area contributed by atoms with E-state index in [1.807, 2.05) is 31.2 Å². The molecule has 1 heterocycles. The fourth-order valence-corrected chi connectivity index (χ4v) is 2.72. The van der Waals surface area contributed by atoms with E-state index in [9.17, 15) is 0 Å². The molecule has 0 spiro atoms. The molecule has 2 aromatic rings. The maximum atomic E-state index is 6.25. The van der Waals surface area contributed by atoms with Crippen molar-refractivity contribution in [1.29, 1.82) is 0 Å². The lowest BCUT2D eigenvalue weighted by atomic mass is 10.1. The summed E-state index contributed by atoms with van der Waals surface area (Å²) < 4.78 is 5.05. The number of methoxy groups -OCH3 is 1. The van der Waals surface area contributed by atoms with E-state index in [1.165, 1.54) is 0 Å². The van der Waals surface area contributed by atoms with E-state index in [1.54, 1.807) is 26.4 Å². The van der Waals surface area contributed by atoms with Crippen molar-refractivity contribution in [2.75, 3.05) is 14.2 Å². The number of rotatable bonds is 5. The average Bonchev–Trinajstić information content (AvgIpc) is 2.58. The second-order valence-corrected chi connectivity index (χ2v) is 6.01. The van der Waals surface area contributed by atoms with Crippen molar-refractivity contribution in [3.05, 3.63) is 57.7 Å². The van der Waals surface area contributed by atoms with Gasteiger partial charge < -0.3 is 15.4 Å². The van der Waals surface area contributed by atoms with Crippen LogP contribution in [0.2, 0.25) is 10.0 Å². The zero-order chi connectivity index (χ0) is 17.5. The molecular weight excluding hydrogens is 347 g/mol. The number of aromatic nitrogens is 1. The minimum absolute atomic E-state index is 0.0186. The van der Waals surface area contributed by atoms with E-state index in [-0.39, 0.29) is 6.04 Å². The molecule has 0 bridgehead atoms. The van der Waals surface area contributed by atoms with E-state index in [0.29, 0.717) is 28.4 Å². The molecule has 0 aliphatic carbocycles. The first kappa shape index (κ1) is 18.4. The van der Waals surface area contributed by atoms with E-state index in [2.05, 4.69) is 20.6 Å². The predicted molar refractivity (Wildman–Crippen MR) is 99.0 cm³/mol. The van der Waals surface area contributed by atoms with Gasteiger partial charge in [-0.1, -0.05) is 35.3 Å². The average molecular weight is 367 g/mol. The molecular formula is C17H20Cl2N4O. The van der Waals surface area contributed by atoms with Crippen LogP contribution >= 0.6 is 23.2 Å². The van der Waals surface area contributed by atoms with Crippen molar-refractivity contribution in [3.63, 3.8) is 0 Å². The van der Waals surface area contributed by atoms with Gasteiger partial charge >= 0.3 is 0 Å². The highest BCUT2D eigenvalue weighted by Crippen LogP contribution is 2.25. The Morgan fingerprint density at radius 2 is 2.08 bits per heavy atom. The number of hydrogen-bond acceptors (Lipinski definition) is 3. The van der Waals surface area contributed by atoms with Gasteiger partial charge in [-0.2, -0.15) is 0 Å². The first-order valence-electron chi connectivity index (χ1n) is 7.44. The van der Waals surface area contributed by atoms with Gasteiger partial charge in [0.05, 0.1) is 13.2 Å². The first-order valence-corrected chi connectivity index (χ1v) is 8.20. The number of pyridine rings is 1. The normalized spacial score (nSPS) is 12.6. The molecule has 1 aromatic heterocycles. The molecule has 1 aromatic carbocycles. The lowest BCUT2D eigenvalue weighted by Gasteiger charge is -2.19. The van der Waals surface area contributed by atoms with E-state index in [4.69, 9.17) is 27.9 Å². The van der Waals surface area contributed by atoms with Crippen LogP contribution in [0.4, 0.5) is 0 Å². The summed E-state index contributed by atoms with van der Waals surface area (Å²) in [5.41, 5.74) is 1.98. The summed E-state index contributed by atoms with van der Waals surface area (Å²) >= 11 is 12.2. The number of halogens is 2. The number of benzene rings is 1. The minimum atomic E-state index is -0.0186. The van der Waals surface area contributed by atoms with Gasteiger partial charge in [0.15, 0.2) is 5.96 Å². The molecule has 7 heteroatoms. The first-order chi connectivity index (χ1) is 11.5. The molecule has 0 aliphatic heterocycles. The summed E-state index contributed by atoms with van der Waals surface area (Å²) in [6.45, 7) is 2.61. The Labute approximate surface area is 152 Å². The minimum Gasteiger partial charge on any atom is -0.481 e. The SMILES string of the molecule is CN=C(NCc1ccc(OC)nc1)NC(C)c1ccc(Cl)cc1Cl. The zero-order valence-electron chi connectivity index (χ0n) is 13.8. The number of nitrogens with one attached hydrogen (secondary N) is 2. The number of nitrogens with zero attached hydrogens (tertiary/aromatic N) is 2. The molecule has 0 saturated carbocycles. The standard InChI is InChI=1S/C17H20Cl2N4O/c1-11(14-6-5-13(18)8-15(14)19)23-17(20-2)22-10-12-4-7-16(24-3)21-9-12/h4-9,11H,10H2,1-3H3,(H2,20,22,23). The van der Waals surface area contributed by atoms with Gasteiger partial charge in [-0.05, 0) is 30.2 Å². The Kier molecular flexibility index (Phi) is 6.70. The molecule has 0 fully saturated rings. The van der Waals surface area contributed by atoms with E-state index >= 15 is 0 Å². The molecule has 0 aliphatic rings. The van der Waals surface area contributed by atoms with Crippen LogP contribution < -0.4 is 15.4 Å². The number of aliphatic imine (C=N–C) groups is 1. The van der Waals surface area contributed by atoms with Gasteiger partial charge in [0.25, 0.3) is 0 Å². The Bertz CT molecular complexity index is 704. The van der Waals surface area contributed by atoms with Crippen LogP contribution in [0.1, 0.15) is 24.1 Å². The van der Waals surface area contributed by atoms with Crippen molar-refractivity contribution >= 4 is 29.2 Å². The summed E-state index contributed by atoms with van der Waals surface area (Å²) in [4.78, 5) is 8.41. The lowest BCUT2D eigenvalue weighted by Crippen LogP contribution is -2.38. The van der Waals surface area contributed by atoms with E-state index in [0.717, 1.165) is 11.1 Å². The van der Waals surface area contributed by atoms with Gasteiger partial charge in [0.1, 0.15) is 0 Å². The molecule has 128 valence electrons. The number of guanidine groups is 1. The monoisotopic (exact) mass is 366 g/mol. The summed E-state index contributed by atoms with van der Waals surface area (Å²) in [5.74, 6) is 1.26.